The van der Waals surface area contributed by atoms with Crippen molar-refractivity contribution in [3.8, 4) is 0 Å². The molecular formula is C21H28N2. The molecule has 1 aliphatic carbocycles. The molecule has 2 nitrogen and oxygen atoms in total. The van der Waals surface area contributed by atoms with E-state index in [0.717, 1.165) is 11.6 Å². The number of hydrazine groups is 1. The van der Waals surface area contributed by atoms with Crippen LogP contribution in [0, 0.1) is 5.92 Å². The van der Waals surface area contributed by atoms with E-state index in [2.05, 4.69) is 78.0 Å². The summed E-state index contributed by atoms with van der Waals surface area (Å²) < 4.78 is 0. The molecule has 0 bridgehead atoms. The zero-order chi connectivity index (χ0) is 15.9. The number of rotatable bonds is 6. The van der Waals surface area contributed by atoms with E-state index in [1.807, 2.05) is 0 Å². The zero-order valence-corrected chi connectivity index (χ0v) is 14.1. The summed E-state index contributed by atoms with van der Waals surface area (Å²) in [6.45, 7) is 2.32. The van der Waals surface area contributed by atoms with E-state index < -0.39 is 0 Å². The van der Waals surface area contributed by atoms with Crippen molar-refractivity contribution in [3.05, 3.63) is 60.7 Å². The van der Waals surface area contributed by atoms with Gasteiger partial charge in [-0.1, -0.05) is 62.6 Å². The summed E-state index contributed by atoms with van der Waals surface area (Å²) in [5, 5.41) is 2.41. The highest BCUT2D eigenvalue weighted by molar-refractivity contribution is 5.55. The van der Waals surface area contributed by atoms with E-state index in [9.17, 15) is 0 Å². The molecule has 23 heavy (non-hydrogen) atoms. The van der Waals surface area contributed by atoms with Crippen LogP contribution in [0.4, 0.5) is 11.4 Å². The minimum Gasteiger partial charge on any atom is -0.298 e. The summed E-state index contributed by atoms with van der Waals surface area (Å²) in [4.78, 5) is 0. The summed E-state index contributed by atoms with van der Waals surface area (Å²) in [6, 6.07) is 21.8. The number of hydrogen-bond acceptors (Lipinski definition) is 2. The van der Waals surface area contributed by atoms with Crippen LogP contribution < -0.4 is 10.4 Å². The number of anilines is 2. The first-order valence-corrected chi connectivity index (χ1v) is 9.04. The smallest absolute Gasteiger partial charge is 0.0575 e. The van der Waals surface area contributed by atoms with Crippen molar-refractivity contribution in [2.75, 3.05) is 10.4 Å². The van der Waals surface area contributed by atoms with Crippen LogP contribution in [-0.2, 0) is 0 Å². The quantitative estimate of drug-likeness (QED) is 0.670. The number of hydrogen-bond donors (Lipinski definition) is 1. The van der Waals surface area contributed by atoms with Gasteiger partial charge in [0.15, 0.2) is 0 Å². The van der Waals surface area contributed by atoms with Crippen LogP contribution in [0.5, 0.6) is 0 Å². The lowest BCUT2D eigenvalue weighted by Gasteiger charge is -2.40. The van der Waals surface area contributed by atoms with Gasteiger partial charge in [-0.25, -0.2) is 0 Å². The molecule has 0 heterocycles. The minimum absolute atomic E-state index is 0.540. The van der Waals surface area contributed by atoms with Crippen LogP contribution in [0.2, 0.25) is 0 Å². The Kier molecular flexibility index (Phi) is 5.57. The van der Waals surface area contributed by atoms with Crippen LogP contribution >= 0.6 is 0 Å². The lowest BCUT2D eigenvalue weighted by atomic mass is 9.82. The largest absolute Gasteiger partial charge is 0.298 e. The first-order chi connectivity index (χ1) is 11.4. The second-order valence-electron chi connectivity index (χ2n) is 6.56. The van der Waals surface area contributed by atoms with Crippen LogP contribution in [0.15, 0.2) is 60.7 Å². The maximum Gasteiger partial charge on any atom is 0.0575 e. The molecule has 0 spiro atoms. The van der Waals surface area contributed by atoms with Crippen molar-refractivity contribution in [1.29, 1.82) is 0 Å². The molecule has 1 N–H and O–H groups in total. The molecule has 1 atom stereocenters. The highest BCUT2D eigenvalue weighted by Crippen LogP contribution is 2.33. The second kappa shape index (κ2) is 8.05. The normalized spacial score (nSPS) is 16.7. The van der Waals surface area contributed by atoms with Gasteiger partial charge in [-0.15, -0.1) is 0 Å². The topological polar surface area (TPSA) is 15.3 Å². The number of nitrogens with one attached hydrogen (secondary N) is 1. The highest BCUT2D eigenvalue weighted by atomic mass is 15.5. The van der Waals surface area contributed by atoms with Crippen molar-refractivity contribution >= 4 is 11.4 Å². The molecule has 2 aromatic carbocycles. The third-order valence-electron chi connectivity index (χ3n) is 5.00. The maximum atomic E-state index is 3.68. The van der Waals surface area contributed by atoms with Gasteiger partial charge in [-0.3, -0.25) is 10.4 Å². The van der Waals surface area contributed by atoms with E-state index in [1.165, 1.54) is 44.2 Å². The van der Waals surface area contributed by atoms with Gasteiger partial charge in [0.2, 0.25) is 0 Å². The van der Waals surface area contributed by atoms with Gasteiger partial charge < -0.3 is 0 Å². The molecule has 122 valence electrons. The number of nitrogens with zero attached hydrogens (tertiary/aromatic N) is 1. The Morgan fingerprint density at radius 2 is 1.52 bits per heavy atom. The maximum absolute atomic E-state index is 3.68. The zero-order valence-electron chi connectivity index (χ0n) is 14.1. The first-order valence-electron chi connectivity index (χ1n) is 9.04. The molecule has 0 aromatic heterocycles. The molecule has 0 radical (unpaired) electrons. The standard InChI is InChI=1S/C21H28N2/c1-2-21(18-12-6-3-7-13-18)23(20-16-10-5-11-17-20)22-19-14-8-4-9-15-19/h4-5,8-11,14-18,21-22H,2-3,6-7,12-13H2,1H3. The van der Waals surface area contributed by atoms with Gasteiger partial charge in [0.05, 0.1) is 17.4 Å². The molecule has 1 aliphatic rings. The molecule has 0 saturated heterocycles. The minimum atomic E-state index is 0.540. The van der Waals surface area contributed by atoms with Crippen LogP contribution in [0.1, 0.15) is 45.4 Å². The monoisotopic (exact) mass is 308 g/mol. The average molecular weight is 308 g/mol. The van der Waals surface area contributed by atoms with E-state index in [0.29, 0.717) is 6.04 Å². The second-order valence-corrected chi connectivity index (χ2v) is 6.56. The van der Waals surface area contributed by atoms with E-state index in [-0.39, 0.29) is 0 Å². The molecule has 2 aromatic rings. The fourth-order valence-electron chi connectivity index (χ4n) is 3.82. The third-order valence-corrected chi connectivity index (χ3v) is 5.00. The van der Waals surface area contributed by atoms with E-state index in [1.54, 1.807) is 0 Å². The Labute approximate surface area is 140 Å². The molecule has 1 unspecified atom stereocenters. The van der Waals surface area contributed by atoms with Crippen molar-refractivity contribution < 1.29 is 0 Å². The predicted molar refractivity (Wildman–Crippen MR) is 99.6 cm³/mol. The Morgan fingerprint density at radius 1 is 0.913 bits per heavy atom. The molecule has 1 fully saturated rings. The fraction of sp³-hybridized carbons (Fsp3) is 0.429. The average Bonchev–Trinajstić information content (AvgIpc) is 2.64. The Balaban J connectivity index is 1.86. The fourth-order valence-corrected chi connectivity index (χ4v) is 3.82. The van der Waals surface area contributed by atoms with Gasteiger partial charge in [-0.2, -0.15) is 0 Å². The predicted octanol–water partition coefficient (Wildman–Crippen LogP) is 5.88. The molecule has 3 rings (SSSR count). The summed E-state index contributed by atoms with van der Waals surface area (Å²) in [5.74, 6) is 0.783. The van der Waals surface area contributed by atoms with Crippen molar-refractivity contribution in [3.63, 3.8) is 0 Å². The lowest BCUT2D eigenvalue weighted by Crippen LogP contribution is -2.45. The SMILES string of the molecule is CCC(C1CCCCC1)N(Nc1ccccc1)c1ccccc1. The van der Waals surface area contributed by atoms with E-state index in [4.69, 9.17) is 0 Å². The first kappa shape index (κ1) is 15.9. The van der Waals surface area contributed by atoms with Crippen LogP contribution in [0.25, 0.3) is 0 Å². The summed E-state index contributed by atoms with van der Waals surface area (Å²) in [7, 11) is 0. The van der Waals surface area contributed by atoms with Gasteiger partial charge >= 0.3 is 0 Å². The number of benzene rings is 2. The molecule has 0 aliphatic heterocycles. The molecule has 0 amide bonds. The Hall–Kier alpha value is -1.96. The summed E-state index contributed by atoms with van der Waals surface area (Å²) in [5.41, 5.74) is 6.09. The van der Waals surface area contributed by atoms with Gasteiger partial charge in [0, 0.05) is 0 Å². The van der Waals surface area contributed by atoms with Gasteiger partial charge in [0.1, 0.15) is 0 Å². The van der Waals surface area contributed by atoms with Crippen molar-refractivity contribution in [2.24, 2.45) is 5.92 Å². The lowest BCUT2D eigenvalue weighted by molar-refractivity contribution is 0.293. The molecular weight excluding hydrogens is 280 g/mol. The van der Waals surface area contributed by atoms with Crippen LogP contribution in [-0.4, -0.2) is 6.04 Å². The van der Waals surface area contributed by atoms with Gasteiger partial charge in [-0.05, 0) is 49.4 Å². The van der Waals surface area contributed by atoms with Crippen LogP contribution in [0.3, 0.4) is 0 Å². The van der Waals surface area contributed by atoms with Gasteiger partial charge in [0.25, 0.3) is 0 Å². The van der Waals surface area contributed by atoms with E-state index >= 15 is 0 Å². The summed E-state index contributed by atoms with van der Waals surface area (Å²) >= 11 is 0. The Bertz CT molecular complexity index is 561. The van der Waals surface area contributed by atoms with Crippen molar-refractivity contribution in [2.45, 2.75) is 51.5 Å². The Morgan fingerprint density at radius 3 is 2.13 bits per heavy atom. The molecule has 1 saturated carbocycles. The summed E-state index contributed by atoms with van der Waals surface area (Å²) in [6.07, 6.45) is 8.06. The third kappa shape index (κ3) is 4.07. The highest BCUT2D eigenvalue weighted by Gasteiger charge is 2.28. The van der Waals surface area contributed by atoms with Crippen molar-refractivity contribution in [1.82, 2.24) is 0 Å². The number of para-hydroxylation sites is 2. The molecule has 2 heteroatoms.